The summed E-state index contributed by atoms with van der Waals surface area (Å²) in [7, 11) is 0. The molecular formula is C18H30IN3O. The molecule has 0 heterocycles. The van der Waals surface area contributed by atoms with Crippen molar-refractivity contribution in [3.05, 3.63) is 29.3 Å². The third kappa shape index (κ3) is 6.97. The van der Waals surface area contributed by atoms with Crippen LogP contribution < -0.4 is 15.8 Å². The summed E-state index contributed by atoms with van der Waals surface area (Å²) in [6.07, 6.45) is 6.46. The normalized spacial score (nSPS) is 16.1. The summed E-state index contributed by atoms with van der Waals surface area (Å²) in [5.74, 6) is 1.45. The number of hydrogen-bond donors (Lipinski definition) is 2. The lowest BCUT2D eigenvalue weighted by Gasteiger charge is -2.23. The topological polar surface area (TPSA) is 59.6 Å². The molecule has 0 unspecified atom stereocenters. The molecule has 0 aliphatic heterocycles. The lowest BCUT2D eigenvalue weighted by atomic mass is 9.96. The second-order valence-electron chi connectivity index (χ2n) is 6.46. The van der Waals surface area contributed by atoms with Crippen LogP contribution in [0.2, 0.25) is 0 Å². The van der Waals surface area contributed by atoms with Gasteiger partial charge in [0.1, 0.15) is 5.75 Å². The summed E-state index contributed by atoms with van der Waals surface area (Å²) in [5.41, 5.74) is 8.30. The Morgan fingerprint density at radius 3 is 2.65 bits per heavy atom. The lowest BCUT2D eigenvalue weighted by Crippen LogP contribution is -2.41. The minimum absolute atomic E-state index is 0. The number of nitrogens with one attached hydrogen (secondary N) is 1. The van der Waals surface area contributed by atoms with Crippen LogP contribution in [0.5, 0.6) is 5.75 Å². The summed E-state index contributed by atoms with van der Waals surface area (Å²) < 4.78 is 5.88. The maximum absolute atomic E-state index is 6.03. The van der Waals surface area contributed by atoms with Crippen molar-refractivity contribution in [3.8, 4) is 5.75 Å². The van der Waals surface area contributed by atoms with Crippen molar-refractivity contribution in [1.29, 1.82) is 0 Å². The van der Waals surface area contributed by atoms with Gasteiger partial charge in [-0.3, -0.25) is 0 Å². The zero-order valence-corrected chi connectivity index (χ0v) is 16.8. The number of ether oxygens (including phenoxy) is 1. The van der Waals surface area contributed by atoms with Gasteiger partial charge in [0.05, 0.1) is 12.6 Å². The summed E-state index contributed by atoms with van der Waals surface area (Å²) in [6.45, 7) is 6.69. The minimum Gasteiger partial charge on any atom is -0.491 e. The smallest absolute Gasteiger partial charge is 0.189 e. The van der Waals surface area contributed by atoms with Gasteiger partial charge in [0, 0.05) is 11.6 Å². The summed E-state index contributed by atoms with van der Waals surface area (Å²) in [6, 6.07) is 6.71. The van der Waals surface area contributed by atoms with Gasteiger partial charge in [0.15, 0.2) is 5.96 Å². The van der Waals surface area contributed by atoms with Crippen molar-refractivity contribution in [2.75, 3.05) is 0 Å². The Bertz CT molecular complexity index is 511. The zero-order chi connectivity index (χ0) is 15.9. The van der Waals surface area contributed by atoms with Crippen LogP contribution in [0.15, 0.2) is 23.2 Å². The van der Waals surface area contributed by atoms with E-state index in [1.807, 2.05) is 13.8 Å². The molecule has 0 amide bonds. The highest BCUT2D eigenvalue weighted by Crippen LogP contribution is 2.22. The molecule has 3 N–H and O–H groups in total. The van der Waals surface area contributed by atoms with Crippen LogP contribution >= 0.6 is 24.0 Å². The molecule has 2 rings (SSSR count). The van der Waals surface area contributed by atoms with Gasteiger partial charge in [0.2, 0.25) is 0 Å². The van der Waals surface area contributed by atoms with E-state index in [-0.39, 0.29) is 30.1 Å². The van der Waals surface area contributed by atoms with Crippen LogP contribution in [0.3, 0.4) is 0 Å². The number of aliphatic imine (C=N–C) groups is 1. The van der Waals surface area contributed by atoms with Gasteiger partial charge in [-0.1, -0.05) is 31.4 Å². The lowest BCUT2D eigenvalue weighted by molar-refractivity contribution is 0.240. The first-order valence-corrected chi connectivity index (χ1v) is 8.37. The number of guanidine groups is 1. The fourth-order valence-corrected chi connectivity index (χ4v) is 2.83. The highest BCUT2D eigenvalue weighted by Gasteiger charge is 2.13. The maximum atomic E-state index is 6.03. The van der Waals surface area contributed by atoms with Crippen molar-refractivity contribution in [2.24, 2.45) is 10.7 Å². The Kier molecular flexibility index (Phi) is 8.73. The Hall–Kier alpha value is -0.980. The molecule has 0 bridgehead atoms. The van der Waals surface area contributed by atoms with Crippen LogP contribution in [0.4, 0.5) is 0 Å². The van der Waals surface area contributed by atoms with Crippen LogP contribution in [0, 0.1) is 6.92 Å². The molecule has 0 spiro atoms. The molecule has 1 aliphatic carbocycles. The fraction of sp³-hybridized carbons (Fsp3) is 0.611. The van der Waals surface area contributed by atoms with Crippen LogP contribution in [0.25, 0.3) is 0 Å². The highest BCUT2D eigenvalue weighted by molar-refractivity contribution is 14.0. The molecule has 0 aromatic heterocycles. The van der Waals surface area contributed by atoms with E-state index in [0.29, 0.717) is 18.5 Å². The Morgan fingerprint density at radius 1 is 1.30 bits per heavy atom. The van der Waals surface area contributed by atoms with Crippen molar-refractivity contribution >= 4 is 29.9 Å². The standard InChI is InChI=1S/C18H29N3O.HI/c1-13(2)22-17-11-14(3)9-10-15(17)12-20-18(19)21-16-7-5-4-6-8-16;/h9-11,13,16H,4-8,12H2,1-3H3,(H3,19,20,21);1H. The van der Waals surface area contributed by atoms with E-state index in [2.05, 4.69) is 35.4 Å². The summed E-state index contributed by atoms with van der Waals surface area (Å²) in [5, 5.41) is 3.35. The van der Waals surface area contributed by atoms with Crippen LogP contribution in [0.1, 0.15) is 57.1 Å². The number of nitrogens with two attached hydrogens (primary N) is 1. The van der Waals surface area contributed by atoms with E-state index in [0.717, 1.165) is 11.3 Å². The molecule has 5 heteroatoms. The van der Waals surface area contributed by atoms with E-state index in [4.69, 9.17) is 10.5 Å². The van der Waals surface area contributed by atoms with Gasteiger partial charge >= 0.3 is 0 Å². The summed E-state index contributed by atoms with van der Waals surface area (Å²) in [4.78, 5) is 4.49. The maximum Gasteiger partial charge on any atom is 0.189 e. The van der Waals surface area contributed by atoms with Crippen molar-refractivity contribution < 1.29 is 4.74 Å². The van der Waals surface area contributed by atoms with Gasteiger partial charge in [-0.15, -0.1) is 24.0 Å². The first kappa shape index (κ1) is 20.1. The largest absolute Gasteiger partial charge is 0.491 e. The van der Waals surface area contributed by atoms with E-state index < -0.39 is 0 Å². The first-order valence-electron chi connectivity index (χ1n) is 8.37. The highest BCUT2D eigenvalue weighted by atomic mass is 127. The van der Waals surface area contributed by atoms with Gasteiger partial charge in [-0.05, 0) is 45.2 Å². The van der Waals surface area contributed by atoms with Gasteiger partial charge < -0.3 is 15.8 Å². The number of hydrogen-bond acceptors (Lipinski definition) is 2. The zero-order valence-electron chi connectivity index (χ0n) is 14.5. The second-order valence-corrected chi connectivity index (χ2v) is 6.46. The van der Waals surface area contributed by atoms with Crippen molar-refractivity contribution in [1.82, 2.24) is 5.32 Å². The quantitative estimate of drug-likeness (QED) is 0.419. The predicted octanol–water partition coefficient (Wildman–Crippen LogP) is 4.14. The van der Waals surface area contributed by atoms with E-state index in [1.165, 1.54) is 37.7 Å². The molecular weight excluding hydrogens is 401 g/mol. The van der Waals surface area contributed by atoms with Crippen molar-refractivity contribution in [3.63, 3.8) is 0 Å². The molecule has 1 fully saturated rings. The Labute approximate surface area is 157 Å². The number of benzene rings is 1. The fourth-order valence-electron chi connectivity index (χ4n) is 2.83. The Morgan fingerprint density at radius 2 is 2.00 bits per heavy atom. The molecule has 1 aromatic rings. The van der Waals surface area contributed by atoms with Crippen LogP contribution in [-0.4, -0.2) is 18.1 Å². The number of halogens is 1. The Balaban J connectivity index is 0.00000264. The predicted molar refractivity (Wildman–Crippen MR) is 108 cm³/mol. The minimum atomic E-state index is 0. The van der Waals surface area contributed by atoms with Crippen LogP contribution in [-0.2, 0) is 6.54 Å². The average Bonchev–Trinajstić information content (AvgIpc) is 2.47. The van der Waals surface area contributed by atoms with E-state index in [9.17, 15) is 0 Å². The van der Waals surface area contributed by atoms with E-state index in [1.54, 1.807) is 0 Å². The van der Waals surface area contributed by atoms with Gasteiger partial charge in [-0.25, -0.2) is 4.99 Å². The number of nitrogens with zero attached hydrogens (tertiary/aromatic N) is 1. The molecule has 0 saturated heterocycles. The third-order valence-electron chi connectivity index (χ3n) is 3.96. The molecule has 130 valence electrons. The van der Waals surface area contributed by atoms with Gasteiger partial charge in [0.25, 0.3) is 0 Å². The number of rotatable bonds is 5. The number of aryl methyl sites for hydroxylation is 1. The second kappa shape index (κ2) is 10.0. The monoisotopic (exact) mass is 431 g/mol. The first-order chi connectivity index (χ1) is 10.5. The van der Waals surface area contributed by atoms with Crippen molar-refractivity contribution in [2.45, 2.75) is 71.6 Å². The summed E-state index contributed by atoms with van der Waals surface area (Å²) >= 11 is 0. The SMILES string of the molecule is Cc1ccc(CN=C(N)NC2CCCCC2)c(OC(C)C)c1.I. The van der Waals surface area contributed by atoms with Gasteiger partial charge in [-0.2, -0.15) is 0 Å². The third-order valence-corrected chi connectivity index (χ3v) is 3.96. The molecule has 1 aromatic carbocycles. The molecule has 4 nitrogen and oxygen atoms in total. The molecule has 0 atom stereocenters. The molecule has 1 aliphatic rings. The van der Waals surface area contributed by atoms with E-state index >= 15 is 0 Å². The average molecular weight is 431 g/mol. The molecule has 1 saturated carbocycles. The molecule has 0 radical (unpaired) electrons. The molecule has 23 heavy (non-hydrogen) atoms.